The second-order valence-electron chi connectivity index (χ2n) is 4.64. The van der Waals surface area contributed by atoms with Gasteiger partial charge in [0, 0.05) is 17.3 Å². The maximum absolute atomic E-state index is 9.70. The van der Waals surface area contributed by atoms with E-state index < -0.39 is 0 Å². The molecule has 0 amide bonds. The summed E-state index contributed by atoms with van der Waals surface area (Å²) < 4.78 is 8.02. The highest BCUT2D eigenvalue weighted by Gasteiger charge is 2.24. The number of nitriles is 1. The molecule has 0 fully saturated rings. The van der Waals surface area contributed by atoms with Crippen LogP contribution in [0.1, 0.15) is 5.56 Å². The van der Waals surface area contributed by atoms with Crippen molar-refractivity contribution < 1.29 is 4.42 Å². The van der Waals surface area contributed by atoms with Crippen molar-refractivity contribution in [1.82, 2.24) is 4.57 Å². The Labute approximate surface area is 135 Å². The highest BCUT2D eigenvalue weighted by atomic mass is 32.1. The third-order valence-corrected chi connectivity index (χ3v) is 5.11. The van der Waals surface area contributed by atoms with E-state index in [1.54, 1.807) is 22.7 Å². The summed E-state index contributed by atoms with van der Waals surface area (Å²) in [6, 6.07) is 14.1. The summed E-state index contributed by atoms with van der Waals surface area (Å²) in [6.45, 7) is 0. The fraction of sp³-hybridized carbons (Fsp3) is 0. The van der Waals surface area contributed by atoms with Gasteiger partial charge in [-0.05, 0) is 35.0 Å². The summed E-state index contributed by atoms with van der Waals surface area (Å²) >= 11 is 3.18. The third-order valence-electron chi connectivity index (χ3n) is 3.35. The normalized spacial score (nSPS) is 10.7. The molecule has 0 bridgehead atoms. The average molecular weight is 322 g/mol. The molecule has 4 aromatic rings. The Hall–Kier alpha value is -2.55. The second kappa shape index (κ2) is 5.34. The van der Waals surface area contributed by atoms with E-state index in [9.17, 15) is 5.26 Å². The van der Waals surface area contributed by atoms with Gasteiger partial charge in [-0.3, -0.25) is 4.57 Å². The topological polar surface area (TPSA) is 41.9 Å². The molecule has 0 saturated heterocycles. The molecular formula is C17H10N2OS2. The summed E-state index contributed by atoms with van der Waals surface area (Å²) in [5.41, 5.74) is 1.45. The van der Waals surface area contributed by atoms with E-state index in [0.717, 1.165) is 15.3 Å². The molecule has 4 rings (SSSR count). The van der Waals surface area contributed by atoms with E-state index in [1.165, 1.54) is 0 Å². The minimum atomic E-state index is 0.591. The first-order chi connectivity index (χ1) is 10.9. The SMILES string of the molecule is N#Cc1c(-c2cccs2)oc(-n2cccc2)c1-c1cccs1. The summed E-state index contributed by atoms with van der Waals surface area (Å²) in [6.07, 6.45) is 3.85. The quantitative estimate of drug-likeness (QED) is 0.507. The molecule has 0 atom stereocenters. The lowest BCUT2D eigenvalue weighted by Gasteiger charge is -2.01. The van der Waals surface area contributed by atoms with Crippen molar-refractivity contribution in [2.24, 2.45) is 0 Å². The fourth-order valence-corrected chi connectivity index (χ4v) is 3.89. The van der Waals surface area contributed by atoms with Crippen LogP contribution in [0, 0.1) is 11.3 Å². The van der Waals surface area contributed by atoms with Gasteiger partial charge in [-0.2, -0.15) is 5.26 Å². The molecule has 0 aliphatic rings. The van der Waals surface area contributed by atoms with Crippen LogP contribution in [-0.2, 0) is 0 Å². The Morgan fingerprint density at radius 3 is 2.23 bits per heavy atom. The lowest BCUT2D eigenvalue weighted by Crippen LogP contribution is -1.89. The van der Waals surface area contributed by atoms with Crippen LogP contribution in [0.4, 0.5) is 0 Å². The molecule has 0 spiro atoms. The van der Waals surface area contributed by atoms with Gasteiger partial charge < -0.3 is 4.42 Å². The van der Waals surface area contributed by atoms with E-state index in [0.29, 0.717) is 17.2 Å². The molecule has 0 N–H and O–H groups in total. The molecule has 0 aliphatic carbocycles. The average Bonchev–Trinajstić information content (AvgIpc) is 3.33. The fourth-order valence-electron chi connectivity index (χ4n) is 2.41. The van der Waals surface area contributed by atoms with Gasteiger partial charge in [0.05, 0.1) is 10.4 Å². The Bertz CT molecular complexity index is 924. The van der Waals surface area contributed by atoms with Crippen molar-refractivity contribution >= 4 is 22.7 Å². The van der Waals surface area contributed by atoms with Crippen LogP contribution in [0.25, 0.3) is 27.0 Å². The molecule has 3 nitrogen and oxygen atoms in total. The first kappa shape index (κ1) is 13.1. The van der Waals surface area contributed by atoms with Crippen molar-refractivity contribution in [2.45, 2.75) is 0 Å². The van der Waals surface area contributed by atoms with E-state index in [1.807, 2.05) is 64.1 Å². The zero-order valence-corrected chi connectivity index (χ0v) is 13.0. The maximum Gasteiger partial charge on any atom is 0.214 e. The molecule has 0 saturated carbocycles. The summed E-state index contributed by atoms with van der Waals surface area (Å²) in [5.74, 6) is 1.33. The van der Waals surface area contributed by atoms with Crippen molar-refractivity contribution in [2.75, 3.05) is 0 Å². The van der Waals surface area contributed by atoms with Crippen LogP contribution in [0.5, 0.6) is 0 Å². The molecule has 0 unspecified atom stereocenters. The van der Waals surface area contributed by atoms with Gasteiger partial charge in [0.2, 0.25) is 5.88 Å². The number of nitrogens with zero attached hydrogens (tertiary/aromatic N) is 2. The van der Waals surface area contributed by atoms with Crippen LogP contribution in [0.2, 0.25) is 0 Å². The molecule has 5 heteroatoms. The predicted molar refractivity (Wildman–Crippen MR) is 89.4 cm³/mol. The van der Waals surface area contributed by atoms with Gasteiger partial charge in [-0.1, -0.05) is 12.1 Å². The second-order valence-corrected chi connectivity index (χ2v) is 6.54. The Morgan fingerprint density at radius 2 is 1.64 bits per heavy atom. The minimum absolute atomic E-state index is 0.591. The molecule has 22 heavy (non-hydrogen) atoms. The predicted octanol–water partition coefficient (Wildman–Crippen LogP) is 5.40. The molecule has 4 heterocycles. The van der Waals surface area contributed by atoms with Gasteiger partial charge >= 0.3 is 0 Å². The lowest BCUT2D eigenvalue weighted by atomic mass is 10.1. The smallest absolute Gasteiger partial charge is 0.214 e. The van der Waals surface area contributed by atoms with E-state index in [-0.39, 0.29) is 0 Å². The first-order valence-corrected chi connectivity index (χ1v) is 8.42. The molecule has 106 valence electrons. The highest BCUT2D eigenvalue weighted by Crippen LogP contribution is 2.42. The van der Waals surface area contributed by atoms with Crippen molar-refractivity contribution in [3.8, 4) is 33.0 Å². The Morgan fingerprint density at radius 1 is 0.955 bits per heavy atom. The van der Waals surface area contributed by atoms with Gasteiger partial charge in [-0.25, -0.2) is 0 Å². The Balaban J connectivity index is 2.04. The van der Waals surface area contributed by atoms with Crippen LogP contribution >= 0.6 is 22.7 Å². The highest BCUT2D eigenvalue weighted by molar-refractivity contribution is 7.14. The number of furan rings is 1. The zero-order chi connectivity index (χ0) is 14.9. The van der Waals surface area contributed by atoms with Crippen LogP contribution in [0.3, 0.4) is 0 Å². The van der Waals surface area contributed by atoms with Gasteiger partial charge in [0.1, 0.15) is 11.6 Å². The largest absolute Gasteiger partial charge is 0.437 e. The summed E-state index contributed by atoms with van der Waals surface area (Å²) in [5, 5.41) is 13.7. The van der Waals surface area contributed by atoms with Crippen LogP contribution in [-0.4, -0.2) is 4.57 Å². The van der Waals surface area contributed by atoms with Crippen LogP contribution in [0.15, 0.2) is 64.0 Å². The van der Waals surface area contributed by atoms with Crippen molar-refractivity contribution in [3.63, 3.8) is 0 Å². The molecule has 4 aromatic heterocycles. The monoisotopic (exact) mass is 322 g/mol. The minimum Gasteiger partial charge on any atom is -0.437 e. The third kappa shape index (κ3) is 2.01. The van der Waals surface area contributed by atoms with Gasteiger partial charge in [0.15, 0.2) is 5.76 Å². The van der Waals surface area contributed by atoms with E-state index in [2.05, 4.69) is 6.07 Å². The summed E-state index contributed by atoms with van der Waals surface area (Å²) in [7, 11) is 0. The first-order valence-electron chi connectivity index (χ1n) is 6.66. The molecule has 0 radical (unpaired) electrons. The van der Waals surface area contributed by atoms with Gasteiger partial charge in [-0.15, -0.1) is 22.7 Å². The standard InChI is InChI=1S/C17H10N2OS2/c18-11-12-15(13-5-3-9-21-13)17(19-7-1-2-8-19)20-16(12)14-6-4-10-22-14/h1-10H. The van der Waals surface area contributed by atoms with Crippen molar-refractivity contribution in [3.05, 3.63) is 65.1 Å². The van der Waals surface area contributed by atoms with Crippen LogP contribution < -0.4 is 0 Å². The van der Waals surface area contributed by atoms with E-state index >= 15 is 0 Å². The van der Waals surface area contributed by atoms with Crippen molar-refractivity contribution in [1.29, 1.82) is 5.26 Å². The molecule has 0 aliphatic heterocycles. The maximum atomic E-state index is 9.70. The van der Waals surface area contributed by atoms with Gasteiger partial charge in [0.25, 0.3) is 0 Å². The number of hydrogen-bond donors (Lipinski definition) is 0. The molecule has 0 aromatic carbocycles. The number of rotatable bonds is 3. The number of aromatic nitrogens is 1. The molecular weight excluding hydrogens is 312 g/mol. The van der Waals surface area contributed by atoms with E-state index in [4.69, 9.17) is 4.42 Å². The summed E-state index contributed by atoms with van der Waals surface area (Å²) in [4.78, 5) is 2.00. The zero-order valence-electron chi connectivity index (χ0n) is 11.4. The Kier molecular flexibility index (Phi) is 3.19. The number of hydrogen-bond acceptors (Lipinski definition) is 4. The lowest BCUT2D eigenvalue weighted by molar-refractivity contribution is 0.554. The number of thiophene rings is 2.